The number of hydrogen-bond acceptors (Lipinski definition) is 2. The highest BCUT2D eigenvalue weighted by Crippen LogP contribution is 2.15. The van der Waals surface area contributed by atoms with Gasteiger partial charge in [0, 0.05) is 12.0 Å². The molecule has 0 aromatic heterocycles. The van der Waals surface area contributed by atoms with Crippen LogP contribution in [0.15, 0.2) is 0 Å². The zero-order chi connectivity index (χ0) is 10.7. The van der Waals surface area contributed by atoms with Crippen molar-refractivity contribution in [3.63, 3.8) is 0 Å². The highest BCUT2D eigenvalue weighted by Gasteiger charge is 2.28. The first kappa shape index (κ1) is 15.5. The molecule has 3 nitrogen and oxygen atoms in total. The summed E-state index contributed by atoms with van der Waals surface area (Å²) < 4.78 is 6.48. The highest BCUT2D eigenvalue weighted by atomic mass is 35.5. The van der Waals surface area contributed by atoms with Gasteiger partial charge in [-0.3, -0.25) is 0 Å². The van der Waals surface area contributed by atoms with Crippen LogP contribution in [0.5, 0.6) is 0 Å². The Labute approximate surface area is 104 Å². The average molecular weight is 257 g/mol. The summed E-state index contributed by atoms with van der Waals surface area (Å²) in [7, 11) is 2.30. The lowest BCUT2D eigenvalue weighted by Gasteiger charge is -2.39. The van der Waals surface area contributed by atoms with E-state index in [0.29, 0.717) is 0 Å². The van der Waals surface area contributed by atoms with Crippen LogP contribution in [-0.2, 0) is 4.74 Å². The largest absolute Gasteiger partial charge is 1.00 e. The molecule has 1 aliphatic rings. The molecule has 0 radical (unpaired) electrons. The molecule has 0 atom stereocenters. The lowest BCUT2D eigenvalue weighted by molar-refractivity contribution is -0.917. The molecular formula is C10H22Cl2N2O. The van der Waals surface area contributed by atoms with Crippen molar-refractivity contribution in [2.75, 3.05) is 39.9 Å². The SMILES string of the molecule is CC(C)(CC[N+]1(C)CCOCC1)NCl.[Cl-]. The van der Waals surface area contributed by atoms with Gasteiger partial charge in [0.25, 0.3) is 0 Å². The monoisotopic (exact) mass is 256 g/mol. The fourth-order valence-corrected chi connectivity index (χ4v) is 1.70. The second-order valence-electron chi connectivity index (χ2n) is 5.13. The minimum absolute atomic E-state index is 0. The third-order valence-electron chi connectivity index (χ3n) is 3.08. The first-order valence-corrected chi connectivity index (χ1v) is 5.64. The fraction of sp³-hybridized carbons (Fsp3) is 1.00. The van der Waals surface area contributed by atoms with Crippen LogP contribution in [0.2, 0.25) is 0 Å². The highest BCUT2D eigenvalue weighted by molar-refractivity contribution is 6.13. The van der Waals surface area contributed by atoms with Crippen LogP contribution in [0.25, 0.3) is 0 Å². The molecule has 0 spiro atoms. The van der Waals surface area contributed by atoms with E-state index in [1.807, 2.05) is 0 Å². The van der Waals surface area contributed by atoms with Gasteiger partial charge in [-0.15, -0.1) is 0 Å². The van der Waals surface area contributed by atoms with Crippen molar-refractivity contribution < 1.29 is 21.6 Å². The number of morpholine rings is 1. The minimum atomic E-state index is 0. The Balaban J connectivity index is 0.00000196. The van der Waals surface area contributed by atoms with Crippen molar-refractivity contribution in [3.05, 3.63) is 0 Å². The third-order valence-corrected chi connectivity index (χ3v) is 3.59. The van der Waals surface area contributed by atoms with E-state index < -0.39 is 0 Å². The molecule has 1 fully saturated rings. The molecule has 0 aromatic rings. The summed E-state index contributed by atoms with van der Waals surface area (Å²) >= 11 is 5.67. The van der Waals surface area contributed by atoms with Crippen LogP contribution >= 0.6 is 11.8 Å². The van der Waals surface area contributed by atoms with E-state index in [9.17, 15) is 0 Å². The second kappa shape index (κ2) is 6.26. The van der Waals surface area contributed by atoms with Gasteiger partial charge in [0.1, 0.15) is 13.1 Å². The Morgan fingerprint density at radius 3 is 2.33 bits per heavy atom. The summed E-state index contributed by atoms with van der Waals surface area (Å²) in [4.78, 5) is 2.83. The van der Waals surface area contributed by atoms with Gasteiger partial charge >= 0.3 is 0 Å². The maximum atomic E-state index is 5.67. The van der Waals surface area contributed by atoms with Gasteiger partial charge in [-0.2, -0.15) is 0 Å². The van der Waals surface area contributed by atoms with E-state index in [2.05, 4.69) is 25.7 Å². The molecule has 1 saturated heterocycles. The normalized spacial score (nSPS) is 20.8. The smallest absolute Gasteiger partial charge is 0.102 e. The predicted molar refractivity (Wildman–Crippen MR) is 59.3 cm³/mol. The van der Waals surface area contributed by atoms with E-state index in [0.717, 1.165) is 43.8 Å². The number of hydrogen-bond donors (Lipinski definition) is 1. The first-order valence-electron chi connectivity index (χ1n) is 5.27. The van der Waals surface area contributed by atoms with E-state index in [4.69, 9.17) is 16.5 Å². The maximum absolute atomic E-state index is 5.67. The number of ether oxygens (including phenoxy) is 1. The predicted octanol–water partition coefficient (Wildman–Crippen LogP) is -1.62. The van der Waals surface area contributed by atoms with Crippen molar-refractivity contribution in [3.8, 4) is 0 Å². The van der Waals surface area contributed by atoms with Crippen LogP contribution in [0, 0.1) is 0 Å². The molecule has 0 aromatic carbocycles. The van der Waals surface area contributed by atoms with Crippen LogP contribution in [0.1, 0.15) is 20.3 Å². The molecule has 0 saturated carbocycles. The minimum Gasteiger partial charge on any atom is -1.00 e. The number of halogens is 2. The van der Waals surface area contributed by atoms with Gasteiger partial charge < -0.3 is 21.6 Å². The Morgan fingerprint density at radius 1 is 1.33 bits per heavy atom. The van der Waals surface area contributed by atoms with Gasteiger partial charge in [-0.25, -0.2) is 4.84 Å². The van der Waals surface area contributed by atoms with Crippen LogP contribution < -0.4 is 17.2 Å². The molecule has 1 heterocycles. The molecule has 15 heavy (non-hydrogen) atoms. The van der Waals surface area contributed by atoms with E-state index in [-0.39, 0.29) is 17.9 Å². The van der Waals surface area contributed by atoms with E-state index in [1.54, 1.807) is 0 Å². The van der Waals surface area contributed by atoms with E-state index in [1.165, 1.54) is 0 Å². The van der Waals surface area contributed by atoms with Gasteiger partial charge in [0.05, 0.1) is 26.8 Å². The molecule has 0 aliphatic carbocycles. The van der Waals surface area contributed by atoms with Crippen molar-refractivity contribution in [1.29, 1.82) is 0 Å². The summed E-state index contributed by atoms with van der Waals surface area (Å²) in [6.07, 6.45) is 1.09. The van der Waals surface area contributed by atoms with Gasteiger partial charge in [0.2, 0.25) is 0 Å². The summed E-state index contributed by atoms with van der Waals surface area (Å²) in [5.41, 5.74) is 0.0289. The molecule has 1 rings (SSSR count). The molecule has 0 bridgehead atoms. The van der Waals surface area contributed by atoms with E-state index >= 15 is 0 Å². The fourth-order valence-electron chi connectivity index (χ4n) is 1.60. The lowest BCUT2D eigenvalue weighted by atomic mass is 10.0. The second-order valence-corrected chi connectivity index (χ2v) is 5.32. The van der Waals surface area contributed by atoms with Gasteiger partial charge in [0.15, 0.2) is 0 Å². The number of nitrogens with one attached hydrogen (secondary N) is 1. The zero-order valence-corrected chi connectivity index (χ0v) is 11.4. The first-order chi connectivity index (χ1) is 6.47. The Morgan fingerprint density at radius 2 is 1.87 bits per heavy atom. The zero-order valence-electron chi connectivity index (χ0n) is 9.85. The van der Waals surface area contributed by atoms with Crippen molar-refractivity contribution in [2.45, 2.75) is 25.8 Å². The summed E-state index contributed by atoms with van der Waals surface area (Å²) in [5, 5.41) is 0. The Hall–Kier alpha value is 0.460. The molecule has 0 amide bonds. The molecule has 1 N–H and O–H groups in total. The summed E-state index contributed by atoms with van der Waals surface area (Å²) in [6.45, 7) is 9.46. The Kier molecular flexibility index (Phi) is 6.45. The Bertz CT molecular complexity index is 182. The summed E-state index contributed by atoms with van der Waals surface area (Å²) in [6, 6.07) is 0. The third kappa shape index (κ3) is 5.36. The van der Waals surface area contributed by atoms with Crippen LogP contribution in [0.4, 0.5) is 0 Å². The number of quaternary nitrogens is 1. The van der Waals surface area contributed by atoms with Crippen LogP contribution in [-0.4, -0.2) is 49.9 Å². The van der Waals surface area contributed by atoms with Crippen molar-refractivity contribution >= 4 is 11.8 Å². The molecule has 5 heteroatoms. The molecule has 92 valence electrons. The number of likely N-dealkylation sites (N-methyl/N-ethyl adjacent to an activating group) is 1. The van der Waals surface area contributed by atoms with Crippen molar-refractivity contribution in [2.24, 2.45) is 0 Å². The molecule has 1 aliphatic heterocycles. The number of nitrogens with zero attached hydrogens (tertiary/aromatic N) is 1. The standard InChI is InChI=1S/C10H22ClN2O.ClH/c1-10(2,12-11)4-5-13(3)6-8-14-9-7-13;/h12H,4-9H2,1-3H3;1H/q+1;/p-1. The topological polar surface area (TPSA) is 21.3 Å². The quantitative estimate of drug-likeness (QED) is 0.483. The average Bonchev–Trinajstić information content (AvgIpc) is 2.17. The number of rotatable bonds is 4. The molecular weight excluding hydrogens is 235 g/mol. The molecule has 0 unspecified atom stereocenters. The lowest BCUT2D eigenvalue weighted by Crippen LogP contribution is -3.00. The maximum Gasteiger partial charge on any atom is 0.102 e. The van der Waals surface area contributed by atoms with Gasteiger partial charge in [-0.1, -0.05) is 0 Å². The van der Waals surface area contributed by atoms with Crippen molar-refractivity contribution in [1.82, 2.24) is 4.84 Å². The summed E-state index contributed by atoms with van der Waals surface area (Å²) in [5.74, 6) is 0. The van der Waals surface area contributed by atoms with Gasteiger partial charge in [-0.05, 0) is 25.6 Å². The van der Waals surface area contributed by atoms with Crippen LogP contribution in [0.3, 0.4) is 0 Å².